The SMILES string of the molecule is CCCCCCCCCCCCc1ccc(S(=O)(=O)OI(c2ccccc2)c2ccc3oc4ccccc4c(=O)c3c2)cc1. The predicted octanol–water partition coefficient (Wildman–Crippen LogP) is 10.3. The van der Waals surface area contributed by atoms with Crippen LogP contribution in [-0.2, 0) is 19.1 Å². The van der Waals surface area contributed by atoms with E-state index in [0.717, 1.165) is 22.0 Å². The van der Waals surface area contributed by atoms with E-state index in [2.05, 4.69) is 6.92 Å². The van der Waals surface area contributed by atoms with E-state index < -0.39 is 30.4 Å². The summed E-state index contributed by atoms with van der Waals surface area (Å²) in [6, 6.07) is 29.0. The topological polar surface area (TPSA) is 73.6 Å². The third-order valence-corrected chi connectivity index (χ3v) is 15.1. The molecular weight excluding hydrogens is 683 g/mol. The molecule has 0 aliphatic carbocycles. The molecule has 1 aromatic heterocycles. The number of aryl methyl sites for hydroxylation is 1. The van der Waals surface area contributed by atoms with Gasteiger partial charge in [-0.25, -0.2) is 0 Å². The van der Waals surface area contributed by atoms with Crippen LogP contribution < -0.4 is 5.43 Å². The van der Waals surface area contributed by atoms with Gasteiger partial charge in [0.05, 0.1) is 0 Å². The van der Waals surface area contributed by atoms with Gasteiger partial charge in [0.15, 0.2) is 0 Å². The molecule has 0 saturated heterocycles. The maximum atomic E-state index is 13.6. The zero-order valence-corrected chi connectivity index (χ0v) is 28.3. The van der Waals surface area contributed by atoms with E-state index in [0.29, 0.717) is 25.5 Å². The molecule has 0 amide bonds. The Morgan fingerprint density at radius 1 is 0.636 bits per heavy atom. The summed E-state index contributed by atoms with van der Waals surface area (Å²) in [7, 11) is -4.05. The van der Waals surface area contributed by atoms with Crippen molar-refractivity contribution in [3.8, 4) is 0 Å². The first-order valence-corrected chi connectivity index (χ1v) is 20.2. The van der Waals surface area contributed by atoms with Crippen LogP contribution >= 0.6 is 20.2 Å². The first-order chi connectivity index (χ1) is 21.5. The molecule has 0 saturated carbocycles. The molecule has 5 nitrogen and oxygen atoms in total. The van der Waals surface area contributed by atoms with Crippen LogP contribution in [0.5, 0.6) is 0 Å². The first kappa shape index (κ1) is 32.4. The Morgan fingerprint density at radius 2 is 1.25 bits per heavy atom. The molecule has 0 spiro atoms. The second-order valence-corrected chi connectivity index (χ2v) is 17.7. The van der Waals surface area contributed by atoms with Gasteiger partial charge in [0.2, 0.25) is 0 Å². The van der Waals surface area contributed by atoms with E-state index in [1.165, 1.54) is 57.8 Å². The summed E-state index contributed by atoms with van der Waals surface area (Å²) >= 11 is -2.99. The van der Waals surface area contributed by atoms with Crippen LogP contribution in [0.15, 0.2) is 111 Å². The number of para-hydroxylation sites is 1. The fraction of sp³-hybridized carbons (Fsp3) is 0.324. The molecule has 0 unspecified atom stereocenters. The number of benzene rings is 4. The molecule has 1 heterocycles. The summed E-state index contributed by atoms with van der Waals surface area (Å²) in [4.78, 5) is 13.5. The second kappa shape index (κ2) is 15.8. The number of unbranched alkanes of at least 4 members (excludes halogenated alkanes) is 9. The molecule has 44 heavy (non-hydrogen) atoms. The van der Waals surface area contributed by atoms with Gasteiger partial charge in [-0.2, -0.15) is 0 Å². The van der Waals surface area contributed by atoms with Crippen LogP contribution in [-0.4, -0.2) is 8.42 Å². The van der Waals surface area contributed by atoms with Crippen LogP contribution in [0.3, 0.4) is 0 Å². The number of halogens is 1. The molecule has 7 heteroatoms. The predicted molar refractivity (Wildman–Crippen MR) is 188 cm³/mol. The average Bonchev–Trinajstić information content (AvgIpc) is 3.05. The van der Waals surface area contributed by atoms with Gasteiger partial charge < -0.3 is 0 Å². The molecule has 0 aliphatic rings. The van der Waals surface area contributed by atoms with Crippen LogP contribution in [0.2, 0.25) is 0 Å². The van der Waals surface area contributed by atoms with E-state index in [1.54, 1.807) is 42.5 Å². The van der Waals surface area contributed by atoms with Crippen molar-refractivity contribution < 1.29 is 15.3 Å². The van der Waals surface area contributed by atoms with Crippen molar-refractivity contribution >= 4 is 52.3 Å². The van der Waals surface area contributed by atoms with E-state index >= 15 is 0 Å². The van der Waals surface area contributed by atoms with Crippen LogP contribution in [0.1, 0.15) is 76.7 Å². The van der Waals surface area contributed by atoms with Gasteiger partial charge in [-0.15, -0.1) is 0 Å². The quantitative estimate of drug-likeness (QED) is 0.0576. The summed E-state index contributed by atoms with van der Waals surface area (Å²) in [5, 5.41) is 0.903. The number of fused-ring (bicyclic) bond motifs is 2. The zero-order chi connectivity index (χ0) is 30.8. The average molecular weight is 725 g/mol. The standard InChI is InChI=1S/C37H41IO5S/c1-2-3-4-5-6-7-8-9-10-12-17-29-22-25-32(26-23-29)44(40,41)43-38(30-18-13-11-14-19-30)31-24-27-36-34(28-31)37(39)33-20-15-16-21-35(33)42-36/h11,13-16,18-28H,2-10,12,17H2,1H3. The van der Waals surface area contributed by atoms with Gasteiger partial charge in [0.25, 0.3) is 0 Å². The molecule has 5 aromatic rings. The maximum absolute atomic E-state index is 13.6. The van der Waals surface area contributed by atoms with Crippen molar-refractivity contribution in [3.63, 3.8) is 0 Å². The Labute approximate surface area is 268 Å². The van der Waals surface area contributed by atoms with Crippen molar-refractivity contribution in [1.29, 1.82) is 0 Å². The van der Waals surface area contributed by atoms with Crippen LogP contribution in [0.4, 0.5) is 0 Å². The summed E-state index contributed by atoms with van der Waals surface area (Å²) in [6.45, 7) is 2.25. The third kappa shape index (κ3) is 8.37. The molecule has 0 N–H and O–H groups in total. The summed E-state index contributed by atoms with van der Waals surface area (Å²) in [5.41, 5.74) is 1.97. The molecule has 5 rings (SSSR count). The Morgan fingerprint density at radius 3 is 1.95 bits per heavy atom. The van der Waals surface area contributed by atoms with E-state index in [9.17, 15) is 13.2 Å². The van der Waals surface area contributed by atoms with Crippen molar-refractivity contribution in [3.05, 3.63) is 120 Å². The van der Waals surface area contributed by atoms with Crippen LogP contribution in [0.25, 0.3) is 21.9 Å². The molecule has 0 aliphatic heterocycles. The summed E-state index contributed by atoms with van der Waals surface area (Å²) in [5.74, 6) is 0. The summed E-state index contributed by atoms with van der Waals surface area (Å²) in [6.07, 6.45) is 13.8. The minimum atomic E-state index is -4.05. The molecule has 0 atom stereocenters. The molecular formula is C37H41IO5S. The van der Waals surface area contributed by atoms with E-state index in [-0.39, 0.29) is 10.3 Å². The van der Waals surface area contributed by atoms with Gasteiger partial charge in [0.1, 0.15) is 0 Å². The van der Waals surface area contributed by atoms with E-state index in [1.807, 2.05) is 54.6 Å². The van der Waals surface area contributed by atoms with Crippen molar-refractivity contribution in [2.75, 3.05) is 0 Å². The normalized spacial score (nSPS) is 12.2. The van der Waals surface area contributed by atoms with Crippen molar-refractivity contribution in [1.82, 2.24) is 0 Å². The molecule has 0 radical (unpaired) electrons. The number of hydrogen-bond donors (Lipinski definition) is 0. The van der Waals surface area contributed by atoms with Gasteiger partial charge >= 0.3 is 231 Å². The third-order valence-electron chi connectivity index (χ3n) is 7.84. The number of hydrogen-bond acceptors (Lipinski definition) is 5. The summed E-state index contributed by atoms with van der Waals surface area (Å²) < 4.78 is 40.8. The van der Waals surface area contributed by atoms with Gasteiger partial charge in [0, 0.05) is 0 Å². The molecule has 0 bridgehead atoms. The molecule has 4 aromatic carbocycles. The van der Waals surface area contributed by atoms with Gasteiger partial charge in [-0.1, -0.05) is 39.0 Å². The monoisotopic (exact) mass is 724 g/mol. The fourth-order valence-corrected chi connectivity index (χ4v) is 12.4. The first-order valence-electron chi connectivity index (χ1n) is 15.7. The van der Waals surface area contributed by atoms with Crippen molar-refractivity contribution in [2.45, 2.75) is 82.4 Å². The molecule has 0 fully saturated rings. The molecule has 232 valence electrons. The van der Waals surface area contributed by atoms with Crippen LogP contribution in [0, 0.1) is 7.14 Å². The Kier molecular flexibility index (Phi) is 11.6. The minimum absolute atomic E-state index is 0.145. The zero-order valence-electron chi connectivity index (χ0n) is 25.3. The Hall–Kier alpha value is -3.01. The van der Waals surface area contributed by atoms with Gasteiger partial charge in [-0.3, -0.25) is 0 Å². The van der Waals surface area contributed by atoms with Gasteiger partial charge in [-0.05, 0) is 0 Å². The van der Waals surface area contributed by atoms with E-state index in [4.69, 9.17) is 6.93 Å². The Balaban J connectivity index is 1.27. The number of rotatable bonds is 16. The Bertz CT molecular complexity index is 1810. The second-order valence-electron chi connectivity index (χ2n) is 11.2. The van der Waals surface area contributed by atoms with Crippen molar-refractivity contribution in [2.24, 2.45) is 0 Å². The fourth-order valence-electron chi connectivity index (χ4n) is 5.37.